The molecule has 0 radical (unpaired) electrons. The summed E-state index contributed by atoms with van der Waals surface area (Å²) in [5, 5.41) is 20.8. The first kappa shape index (κ1) is 15.6. The molecule has 0 saturated heterocycles. The number of hydrogen-bond acceptors (Lipinski definition) is 3. The van der Waals surface area contributed by atoms with Crippen molar-refractivity contribution < 1.29 is 10.2 Å². The summed E-state index contributed by atoms with van der Waals surface area (Å²) in [5.41, 5.74) is 7.36. The van der Waals surface area contributed by atoms with Crippen molar-refractivity contribution in [1.29, 1.82) is 0 Å². The minimum atomic E-state index is 0.241. The van der Waals surface area contributed by atoms with Crippen LogP contribution in [0.15, 0.2) is 78.9 Å². The Balaban J connectivity index is 1.82. The lowest BCUT2D eigenvalue weighted by Crippen LogP contribution is -1.94. The van der Waals surface area contributed by atoms with Crippen molar-refractivity contribution >= 4 is 0 Å². The number of phenols is 2. The van der Waals surface area contributed by atoms with Gasteiger partial charge in [-0.1, -0.05) is 60.7 Å². The molecule has 3 nitrogen and oxygen atoms in total. The summed E-state index contributed by atoms with van der Waals surface area (Å²) in [6, 6.07) is 25.0. The van der Waals surface area contributed by atoms with Gasteiger partial charge >= 0.3 is 0 Å². The van der Waals surface area contributed by atoms with Gasteiger partial charge in [0.25, 0.3) is 0 Å². The molecule has 0 atom stereocenters. The molecule has 0 spiro atoms. The van der Waals surface area contributed by atoms with Crippen LogP contribution < -0.4 is 0 Å². The zero-order valence-electron chi connectivity index (χ0n) is 14.6. The van der Waals surface area contributed by atoms with E-state index in [4.69, 9.17) is 4.98 Å². The Morgan fingerprint density at radius 1 is 0.630 bits per heavy atom. The van der Waals surface area contributed by atoms with Crippen molar-refractivity contribution in [2.75, 3.05) is 0 Å². The Kier molecular flexibility index (Phi) is 3.47. The third kappa shape index (κ3) is 2.48. The number of hydrogen-bond donors (Lipinski definition) is 2. The number of pyridine rings is 1. The molecular weight excluding hydrogens is 334 g/mol. The van der Waals surface area contributed by atoms with Gasteiger partial charge in [-0.3, -0.25) is 0 Å². The highest BCUT2D eigenvalue weighted by atomic mass is 16.3. The van der Waals surface area contributed by atoms with Crippen LogP contribution in [-0.2, 0) is 6.42 Å². The van der Waals surface area contributed by atoms with Gasteiger partial charge in [0, 0.05) is 28.7 Å². The van der Waals surface area contributed by atoms with Gasteiger partial charge in [-0.05, 0) is 29.3 Å². The van der Waals surface area contributed by atoms with Crippen molar-refractivity contribution in [3.05, 3.63) is 90.0 Å². The third-order valence-electron chi connectivity index (χ3n) is 5.15. The van der Waals surface area contributed by atoms with E-state index in [1.165, 1.54) is 0 Å². The number of nitrogens with zero attached hydrogens (tertiary/aromatic N) is 1. The monoisotopic (exact) mass is 351 g/mol. The average Bonchev–Trinajstić information content (AvgIpc) is 3.09. The number of rotatable bonds is 2. The molecule has 0 aliphatic heterocycles. The second kappa shape index (κ2) is 5.99. The topological polar surface area (TPSA) is 53.4 Å². The first-order chi connectivity index (χ1) is 13.2. The fourth-order valence-electron chi connectivity index (χ4n) is 3.83. The Labute approximate surface area is 157 Å². The molecule has 130 valence electrons. The van der Waals surface area contributed by atoms with Gasteiger partial charge in [0.05, 0.1) is 11.4 Å². The summed E-state index contributed by atoms with van der Waals surface area (Å²) in [4.78, 5) is 4.93. The van der Waals surface area contributed by atoms with Gasteiger partial charge < -0.3 is 10.2 Å². The Morgan fingerprint density at radius 2 is 1.33 bits per heavy atom. The van der Waals surface area contributed by atoms with E-state index in [0.717, 1.165) is 44.8 Å². The van der Waals surface area contributed by atoms with Gasteiger partial charge in [0.1, 0.15) is 11.5 Å². The highest BCUT2D eigenvalue weighted by molar-refractivity contribution is 5.88. The van der Waals surface area contributed by atoms with E-state index in [9.17, 15) is 10.2 Å². The molecule has 0 unspecified atom stereocenters. The summed E-state index contributed by atoms with van der Waals surface area (Å²) in [6.07, 6.45) is 0.600. The van der Waals surface area contributed by atoms with Crippen LogP contribution in [0.3, 0.4) is 0 Å². The number of para-hydroxylation sites is 1. The van der Waals surface area contributed by atoms with Crippen LogP contribution in [0.25, 0.3) is 33.6 Å². The van der Waals surface area contributed by atoms with Crippen LogP contribution in [0.2, 0.25) is 0 Å². The van der Waals surface area contributed by atoms with Crippen LogP contribution in [0.4, 0.5) is 0 Å². The zero-order chi connectivity index (χ0) is 18.4. The Morgan fingerprint density at radius 3 is 2.15 bits per heavy atom. The Bertz CT molecular complexity index is 1170. The molecule has 1 aromatic heterocycles. The van der Waals surface area contributed by atoms with Crippen LogP contribution in [0, 0.1) is 0 Å². The maximum absolute atomic E-state index is 10.5. The fourth-order valence-corrected chi connectivity index (χ4v) is 3.83. The Hall–Kier alpha value is -3.59. The van der Waals surface area contributed by atoms with Gasteiger partial charge in [-0.2, -0.15) is 0 Å². The molecule has 0 amide bonds. The number of benzene rings is 3. The van der Waals surface area contributed by atoms with E-state index in [2.05, 4.69) is 0 Å². The maximum Gasteiger partial charge on any atom is 0.123 e. The molecule has 2 N–H and O–H groups in total. The van der Waals surface area contributed by atoms with E-state index >= 15 is 0 Å². The fraction of sp³-hybridized carbons (Fsp3) is 0.0417. The molecule has 0 saturated carbocycles. The summed E-state index contributed by atoms with van der Waals surface area (Å²) < 4.78 is 0. The van der Waals surface area contributed by atoms with E-state index in [-0.39, 0.29) is 11.5 Å². The summed E-state index contributed by atoms with van der Waals surface area (Å²) in [7, 11) is 0. The summed E-state index contributed by atoms with van der Waals surface area (Å²) in [6.45, 7) is 0. The summed E-state index contributed by atoms with van der Waals surface area (Å²) in [5.74, 6) is 0.528. The van der Waals surface area contributed by atoms with Crippen LogP contribution in [-0.4, -0.2) is 15.2 Å². The van der Waals surface area contributed by atoms with E-state index in [1.54, 1.807) is 12.1 Å². The molecule has 4 aromatic rings. The number of phenolic OH excluding ortho intramolecular Hbond substituents is 2. The lowest BCUT2D eigenvalue weighted by molar-refractivity contribution is 0.470. The quantitative estimate of drug-likeness (QED) is 0.448. The molecule has 0 fully saturated rings. The minimum Gasteiger partial charge on any atom is -0.508 e. The SMILES string of the molecule is Oc1ccccc1-c1cc(-c2ccccc2)nc2c1Cc1c(O)cccc1-2. The molecular formula is C24H17NO2. The van der Waals surface area contributed by atoms with Gasteiger partial charge in [-0.15, -0.1) is 0 Å². The summed E-state index contributed by atoms with van der Waals surface area (Å²) >= 11 is 0. The predicted molar refractivity (Wildman–Crippen MR) is 107 cm³/mol. The number of aromatic hydroxyl groups is 2. The number of fused-ring (bicyclic) bond motifs is 3. The van der Waals surface area contributed by atoms with Crippen LogP contribution in [0.5, 0.6) is 11.5 Å². The van der Waals surface area contributed by atoms with Gasteiger partial charge in [0.15, 0.2) is 0 Å². The zero-order valence-corrected chi connectivity index (χ0v) is 14.6. The van der Waals surface area contributed by atoms with Crippen molar-refractivity contribution in [1.82, 2.24) is 4.98 Å². The standard InChI is InChI=1S/C24H17NO2/c26-22-11-5-4-9-16(22)18-14-21(15-7-2-1-3-8-15)25-24-17-10-6-12-23(27)19(17)13-20(18)24/h1-12,14,26-27H,13H2. The van der Waals surface area contributed by atoms with Gasteiger partial charge in [-0.25, -0.2) is 4.98 Å². The molecule has 5 rings (SSSR count). The van der Waals surface area contributed by atoms with E-state index in [0.29, 0.717) is 6.42 Å². The third-order valence-corrected chi connectivity index (χ3v) is 5.15. The second-order valence-corrected chi connectivity index (χ2v) is 6.75. The van der Waals surface area contributed by atoms with Crippen molar-refractivity contribution in [3.8, 4) is 45.1 Å². The minimum absolute atomic E-state index is 0.241. The second-order valence-electron chi connectivity index (χ2n) is 6.75. The maximum atomic E-state index is 10.5. The van der Waals surface area contributed by atoms with Crippen LogP contribution >= 0.6 is 0 Å². The lowest BCUT2D eigenvalue weighted by Gasteiger charge is -2.13. The molecule has 1 heterocycles. The van der Waals surface area contributed by atoms with E-state index in [1.807, 2.05) is 66.7 Å². The van der Waals surface area contributed by atoms with Gasteiger partial charge in [0.2, 0.25) is 0 Å². The lowest BCUT2D eigenvalue weighted by atomic mass is 9.95. The molecule has 3 aromatic carbocycles. The number of aromatic nitrogens is 1. The van der Waals surface area contributed by atoms with Crippen LogP contribution in [0.1, 0.15) is 11.1 Å². The molecule has 1 aliphatic rings. The normalized spacial score (nSPS) is 11.9. The van der Waals surface area contributed by atoms with Crippen molar-refractivity contribution in [2.45, 2.75) is 6.42 Å². The highest BCUT2D eigenvalue weighted by Gasteiger charge is 2.27. The van der Waals surface area contributed by atoms with Crippen molar-refractivity contribution in [2.24, 2.45) is 0 Å². The predicted octanol–water partition coefficient (Wildman–Crippen LogP) is 5.40. The molecule has 1 aliphatic carbocycles. The molecule has 27 heavy (non-hydrogen) atoms. The molecule has 0 bridgehead atoms. The smallest absolute Gasteiger partial charge is 0.123 e. The average molecular weight is 351 g/mol. The molecule has 3 heteroatoms. The van der Waals surface area contributed by atoms with Crippen molar-refractivity contribution in [3.63, 3.8) is 0 Å². The first-order valence-electron chi connectivity index (χ1n) is 8.91. The highest BCUT2D eigenvalue weighted by Crippen LogP contribution is 2.46. The first-order valence-corrected chi connectivity index (χ1v) is 8.91. The van der Waals surface area contributed by atoms with E-state index < -0.39 is 0 Å². The largest absolute Gasteiger partial charge is 0.508 e.